The Bertz CT molecular complexity index is 3460. The second kappa shape index (κ2) is 10.8. The van der Waals surface area contributed by atoms with Crippen LogP contribution in [0, 0.1) is 0 Å². The summed E-state index contributed by atoms with van der Waals surface area (Å²) >= 11 is 1.75. The predicted molar refractivity (Wildman–Crippen MR) is 222 cm³/mol. The van der Waals surface area contributed by atoms with Gasteiger partial charge in [-0.2, -0.15) is 0 Å². The second-order valence-electron chi connectivity index (χ2n) is 13.8. The van der Waals surface area contributed by atoms with E-state index in [-0.39, 0.29) is 0 Å². The second-order valence-corrected chi connectivity index (χ2v) is 14.8. The van der Waals surface area contributed by atoms with Crippen LogP contribution in [0.5, 0.6) is 0 Å². The van der Waals surface area contributed by atoms with Gasteiger partial charge in [-0.1, -0.05) is 109 Å². The first-order valence-electron chi connectivity index (χ1n) is 17.8. The average molecular weight is 694 g/mol. The third kappa shape index (κ3) is 4.23. The van der Waals surface area contributed by atoms with Gasteiger partial charge in [0.25, 0.3) is 0 Å². The highest BCUT2D eigenvalue weighted by atomic mass is 32.1. The molecule has 53 heavy (non-hydrogen) atoms. The summed E-state index contributed by atoms with van der Waals surface area (Å²) in [5.41, 5.74) is 9.07. The highest BCUT2D eigenvalue weighted by Gasteiger charge is 2.20. The number of thiophene rings is 1. The number of benzene rings is 8. The van der Waals surface area contributed by atoms with E-state index in [1.165, 1.54) is 48.1 Å². The van der Waals surface area contributed by atoms with Crippen LogP contribution in [0.15, 0.2) is 168 Å². The lowest BCUT2D eigenvalue weighted by Crippen LogP contribution is -1.94. The molecule has 0 fully saturated rings. The molecule has 0 aliphatic carbocycles. The molecule has 0 atom stereocenters. The molecule has 0 spiro atoms. The third-order valence-corrected chi connectivity index (χ3v) is 11.9. The summed E-state index contributed by atoms with van der Waals surface area (Å²) in [5.74, 6) is 0.688. The minimum atomic E-state index is 0.688. The van der Waals surface area contributed by atoms with Gasteiger partial charge in [0.15, 0.2) is 5.82 Å². The van der Waals surface area contributed by atoms with Gasteiger partial charge in [-0.3, -0.25) is 0 Å². The molecule has 0 saturated heterocycles. The van der Waals surface area contributed by atoms with Gasteiger partial charge in [-0.05, 0) is 76.1 Å². The topological polar surface area (TPSA) is 43.9 Å². The molecule has 0 bridgehead atoms. The highest BCUT2D eigenvalue weighted by molar-refractivity contribution is 7.26. The molecule has 12 rings (SSSR count). The van der Waals surface area contributed by atoms with Gasteiger partial charge < -0.3 is 8.98 Å². The maximum atomic E-state index is 6.57. The molecule has 4 aromatic heterocycles. The molecule has 0 N–H and O–H groups in total. The SMILES string of the molecule is c1ccc(-c2nc(-c3ccc4c(c3)oc3ccc(-n5c6cc7ccccc7cc6c6c7ccccc7ccc65)cc34)nc3c2sc2ccccc23)cc1. The van der Waals surface area contributed by atoms with Crippen molar-refractivity contribution < 1.29 is 4.42 Å². The van der Waals surface area contributed by atoms with Crippen molar-refractivity contribution in [2.24, 2.45) is 0 Å². The fraction of sp³-hybridized carbons (Fsp3) is 0. The largest absolute Gasteiger partial charge is 0.456 e. The van der Waals surface area contributed by atoms with Crippen molar-refractivity contribution in [3.8, 4) is 28.3 Å². The van der Waals surface area contributed by atoms with Gasteiger partial charge in [-0.25, -0.2) is 9.97 Å². The van der Waals surface area contributed by atoms with Crippen LogP contribution in [0.4, 0.5) is 0 Å². The molecular weight excluding hydrogens is 667 g/mol. The van der Waals surface area contributed by atoms with Crippen molar-refractivity contribution in [1.82, 2.24) is 14.5 Å². The molecular formula is C48H27N3OS. The first-order chi connectivity index (χ1) is 26.2. The maximum absolute atomic E-state index is 6.57. The fourth-order valence-electron chi connectivity index (χ4n) is 8.31. The van der Waals surface area contributed by atoms with Crippen molar-refractivity contribution >= 4 is 96.9 Å². The van der Waals surface area contributed by atoms with Crippen LogP contribution >= 0.6 is 11.3 Å². The van der Waals surface area contributed by atoms with E-state index in [1.54, 1.807) is 11.3 Å². The molecule has 4 heterocycles. The Morgan fingerprint density at radius 3 is 2.13 bits per heavy atom. The number of furan rings is 1. The van der Waals surface area contributed by atoms with Gasteiger partial charge >= 0.3 is 0 Å². The molecule has 4 nitrogen and oxygen atoms in total. The Hall–Kier alpha value is -6.82. The van der Waals surface area contributed by atoms with Gasteiger partial charge in [0, 0.05) is 48.4 Å². The monoisotopic (exact) mass is 693 g/mol. The number of hydrogen-bond donors (Lipinski definition) is 0. The van der Waals surface area contributed by atoms with Crippen LogP contribution in [0.25, 0.3) is 114 Å². The lowest BCUT2D eigenvalue weighted by molar-refractivity contribution is 0.669. The summed E-state index contributed by atoms with van der Waals surface area (Å²) in [6.45, 7) is 0. The first kappa shape index (κ1) is 28.8. The smallest absolute Gasteiger partial charge is 0.160 e. The molecule has 0 amide bonds. The van der Waals surface area contributed by atoms with Crippen molar-refractivity contribution in [3.63, 3.8) is 0 Å². The minimum Gasteiger partial charge on any atom is -0.456 e. The lowest BCUT2D eigenvalue weighted by Gasteiger charge is -2.09. The van der Waals surface area contributed by atoms with Crippen LogP contribution in [-0.2, 0) is 0 Å². The van der Waals surface area contributed by atoms with Gasteiger partial charge in [0.1, 0.15) is 11.2 Å². The number of hydrogen-bond acceptors (Lipinski definition) is 4. The van der Waals surface area contributed by atoms with E-state index in [1.807, 2.05) is 6.07 Å². The Kier molecular flexibility index (Phi) is 5.90. The van der Waals surface area contributed by atoms with E-state index in [0.29, 0.717) is 5.82 Å². The summed E-state index contributed by atoms with van der Waals surface area (Å²) in [6, 6.07) is 58.4. The quantitative estimate of drug-likeness (QED) is 0.185. The van der Waals surface area contributed by atoms with Crippen LogP contribution in [0.2, 0.25) is 0 Å². The predicted octanol–water partition coefficient (Wildman–Crippen LogP) is 13.5. The number of rotatable bonds is 3. The van der Waals surface area contributed by atoms with Gasteiger partial charge in [0.05, 0.1) is 26.9 Å². The Labute approximate surface area is 306 Å². The van der Waals surface area contributed by atoms with E-state index in [9.17, 15) is 0 Å². The molecule has 0 unspecified atom stereocenters. The van der Waals surface area contributed by atoms with Crippen LogP contribution < -0.4 is 0 Å². The van der Waals surface area contributed by atoms with Crippen LogP contribution in [-0.4, -0.2) is 14.5 Å². The Morgan fingerprint density at radius 1 is 0.472 bits per heavy atom. The lowest BCUT2D eigenvalue weighted by atomic mass is 10.0. The molecule has 246 valence electrons. The van der Waals surface area contributed by atoms with Gasteiger partial charge in [-0.15, -0.1) is 11.3 Å². The third-order valence-electron chi connectivity index (χ3n) is 10.8. The van der Waals surface area contributed by atoms with Gasteiger partial charge in [0.2, 0.25) is 0 Å². The standard InChI is InChI=1S/C48H27N3OS/c1-2-11-29(12-3-1)45-47-46(36-16-8-9-17-43(36)53-47)50-48(49-45)32-18-21-35-37-27-33(20-23-41(37)52-42(35)26-32)51-39-22-19-28-10-6-7-15-34(28)44(39)38-24-30-13-4-5-14-31(30)25-40(38)51/h1-27H. The minimum absolute atomic E-state index is 0.688. The van der Waals surface area contributed by atoms with Crippen molar-refractivity contribution in [3.05, 3.63) is 164 Å². The highest BCUT2D eigenvalue weighted by Crippen LogP contribution is 2.42. The molecule has 0 aliphatic rings. The summed E-state index contributed by atoms with van der Waals surface area (Å²) < 4.78 is 11.3. The number of aromatic nitrogens is 3. The molecule has 12 aromatic rings. The van der Waals surface area contributed by atoms with Crippen molar-refractivity contribution in [2.45, 2.75) is 0 Å². The van der Waals surface area contributed by atoms with E-state index in [2.05, 4.69) is 162 Å². The summed E-state index contributed by atoms with van der Waals surface area (Å²) in [7, 11) is 0. The Morgan fingerprint density at radius 2 is 1.25 bits per heavy atom. The summed E-state index contributed by atoms with van der Waals surface area (Å²) in [6.07, 6.45) is 0. The maximum Gasteiger partial charge on any atom is 0.160 e. The molecule has 0 saturated carbocycles. The number of fused-ring (bicyclic) bond motifs is 12. The zero-order valence-electron chi connectivity index (χ0n) is 28.2. The Balaban J connectivity index is 1.06. The van der Waals surface area contributed by atoms with Crippen LogP contribution in [0.1, 0.15) is 0 Å². The summed E-state index contributed by atoms with van der Waals surface area (Å²) in [5, 5.41) is 10.8. The van der Waals surface area contributed by atoms with E-state index in [0.717, 1.165) is 60.0 Å². The molecule has 0 radical (unpaired) electrons. The zero-order chi connectivity index (χ0) is 34.6. The zero-order valence-corrected chi connectivity index (χ0v) is 29.1. The van der Waals surface area contributed by atoms with E-state index >= 15 is 0 Å². The van der Waals surface area contributed by atoms with Crippen molar-refractivity contribution in [2.75, 3.05) is 0 Å². The summed E-state index contributed by atoms with van der Waals surface area (Å²) in [4.78, 5) is 10.4. The first-order valence-corrected chi connectivity index (χ1v) is 18.6. The molecule has 0 aliphatic heterocycles. The molecule has 8 aromatic carbocycles. The normalized spacial score (nSPS) is 12.2. The fourth-order valence-corrected chi connectivity index (χ4v) is 9.46. The van der Waals surface area contributed by atoms with Crippen molar-refractivity contribution in [1.29, 1.82) is 0 Å². The van der Waals surface area contributed by atoms with E-state index < -0.39 is 0 Å². The average Bonchev–Trinajstić information content (AvgIpc) is 3.88. The van der Waals surface area contributed by atoms with Crippen LogP contribution in [0.3, 0.4) is 0 Å². The number of nitrogens with zero attached hydrogens (tertiary/aromatic N) is 3. The molecule has 5 heteroatoms. The van der Waals surface area contributed by atoms with E-state index in [4.69, 9.17) is 14.4 Å².